The van der Waals surface area contributed by atoms with Crippen molar-refractivity contribution in [2.75, 3.05) is 0 Å². The smallest absolute Gasteiger partial charge is 0.200 e. The molecule has 0 unspecified atom stereocenters. The second-order valence-corrected chi connectivity index (χ2v) is 8.89. The zero-order valence-corrected chi connectivity index (χ0v) is 16.4. The van der Waals surface area contributed by atoms with Gasteiger partial charge in [-0.25, -0.2) is 0 Å². The van der Waals surface area contributed by atoms with Gasteiger partial charge in [0.2, 0.25) is 5.78 Å². The summed E-state index contributed by atoms with van der Waals surface area (Å²) in [7, 11) is 0. The summed E-state index contributed by atoms with van der Waals surface area (Å²) >= 11 is 0. The van der Waals surface area contributed by atoms with Crippen molar-refractivity contribution in [1.29, 1.82) is 0 Å². The van der Waals surface area contributed by atoms with Gasteiger partial charge in [0.15, 0.2) is 0 Å². The Morgan fingerprint density at radius 1 is 1.18 bits per heavy atom. The standard InChI is InChI=1S/C23H26O5/c1-22(2,27)15-9-10-23(3)12-14(15)18-16(24)11-17(25)19(21(18)28-23)20(26)13-7-5-4-6-8-13/h4-8,11,14-15,24-25,27H,9-10,12H2,1-3H3/t14-,15+,23-/m0/s1. The summed E-state index contributed by atoms with van der Waals surface area (Å²) in [5, 5.41) is 31.9. The Hall–Kier alpha value is -2.53. The number of ether oxygens (including phenoxy) is 1. The average molecular weight is 382 g/mol. The maximum absolute atomic E-state index is 13.2. The van der Waals surface area contributed by atoms with Crippen LogP contribution in [0.1, 0.15) is 67.4 Å². The maximum Gasteiger partial charge on any atom is 0.200 e. The number of hydrogen-bond donors (Lipinski definition) is 3. The number of rotatable bonds is 3. The molecule has 0 aromatic heterocycles. The Morgan fingerprint density at radius 2 is 1.86 bits per heavy atom. The van der Waals surface area contributed by atoms with Crippen LogP contribution >= 0.6 is 0 Å². The van der Waals surface area contributed by atoms with Gasteiger partial charge in [-0.15, -0.1) is 0 Å². The zero-order valence-electron chi connectivity index (χ0n) is 16.4. The van der Waals surface area contributed by atoms with E-state index < -0.39 is 11.2 Å². The highest BCUT2D eigenvalue weighted by atomic mass is 16.5. The molecular formula is C23H26O5. The fourth-order valence-electron chi connectivity index (χ4n) is 4.92. The van der Waals surface area contributed by atoms with Crippen molar-refractivity contribution in [2.24, 2.45) is 5.92 Å². The quantitative estimate of drug-likeness (QED) is 0.695. The number of fused-ring (bicyclic) bond motifs is 4. The monoisotopic (exact) mass is 382 g/mol. The maximum atomic E-state index is 13.2. The molecular weight excluding hydrogens is 356 g/mol. The van der Waals surface area contributed by atoms with Crippen LogP contribution in [0.15, 0.2) is 36.4 Å². The minimum Gasteiger partial charge on any atom is -0.507 e. The van der Waals surface area contributed by atoms with E-state index in [2.05, 4.69) is 0 Å². The third-order valence-corrected chi connectivity index (χ3v) is 6.29. The highest BCUT2D eigenvalue weighted by Gasteiger charge is 2.51. The van der Waals surface area contributed by atoms with Crippen molar-refractivity contribution >= 4 is 5.78 Å². The minimum absolute atomic E-state index is 0.0753. The summed E-state index contributed by atoms with van der Waals surface area (Å²) in [6, 6.07) is 9.94. The largest absolute Gasteiger partial charge is 0.507 e. The van der Waals surface area contributed by atoms with Gasteiger partial charge in [0.1, 0.15) is 28.4 Å². The highest BCUT2D eigenvalue weighted by Crippen LogP contribution is 2.58. The van der Waals surface area contributed by atoms with Crippen LogP contribution < -0.4 is 4.74 Å². The van der Waals surface area contributed by atoms with Gasteiger partial charge in [0, 0.05) is 23.1 Å². The van der Waals surface area contributed by atoms with Crippen molar-refractivity contribution in [1.82, 2.24) is 0 Å². The number of phenols is 2. The lowest BCUT2D eigenvalue weighted by Gasteiger charge is -2.51. The molecule has 4 rings (SSSR count). The van der Waals surface area contributed by atoms with Gasteiger partial charge < -0.3 is 20.1 Å². The number of benzene rings is 2. The Balaban J connectivity index is 1.93. The lowest BCUT2D eigenvalue weighted by atomic mass is 9.62. The molecule has 1 heterocycles. The fourth-order valence-corrected chi connectivity index (χ4v) is 4.92. The van der Waals surface area contributed by atoms with Crippen molar-refractivity contribution < 1.29 is 24.9 Å². The van der Waals surface area contributed by atoms with Gasteiger partial charge in [-0.1, -0.05) is 30.3 Å². The Morgan fingerprint density at radius 3 is 2.50 bits per heavy atom. The normalized spacial score (nSPS) is 26.3. The minimum atomic E-state index is -0.936. The van der Waals surface area contributed by atoms with Gasteiger partial charge in [0.25, 0.3) is 0 Å². The predicted octanol–water partition coefficient (Wildman–Crippen LogP) is 4.13. The van der Waals surface area contributed by atoms with Gasteiger partial charge in [0.05, 0.1) is 5.60 Å². The molecule has 28 heavy (non-hydrogen) atoms. The van der Waals surface area contributed by atoms with E-state index in [1.807, 2.05) is 13.0 Å². The molecule has 2 bridgehead atoms. The third kappa shape index (κ3) is 2.94. The van der Waals surface area contributed by atoms with E-state index in [9.17, 15) is 20.1 Å². The molecule has 5 heteroatoms. The van der Waals surface area contributed by atoms with E-state index in [1.165, 1.54) is 6.07 Å². The van der Waals surface area contributed by atoms with E-state index in [0.29, 0.717) is 17.5 Å². The van der Waals surface area contributed by atoms with Gasteiger partial charge >= 0.3 is 0 Å². The first-order valence-corrected chi connectivity index (χ1v) is 9.71. The van der Waals surface area contributed by atoms with Crippen LogP contribution in [0.2, 0.25) is 0 Å². The second kappa shape index (κ2) is 6.24. The Kier molecular flexibility index (Phi) is 4.19. The van der Waals surface area contributed by atoms with Crippen LogP contribution in [0.4, 0.5) is 0 Å². The first-order chi connectivity index (χ1) is 13.1. The molecule has 3 atom stereocenters. The number of hydrogen-bond acceptors (Lipinski definition) is 5. The predicted molar refractivity (Wildman–Crippen MR) is 105 cm³/mol. The molecule has 1 aliphatic carbocycles. The van der Waals surface area contributed by atoms with Gasteiger partial charge in [-0.05, 0) is 46.0 Å². The number of aromatic hydroxyl groups is 2. The highest BCUT2D eigenvalue weighted by molar-refractivity contribution is 6.13. The van der Waals surface area contributed by atoms with Crippen molar-refractivity contribution in [3.8, 4) is 17.2 Å². The molecule has 3 N–H and O–H groups in total. The zero-order chi connectivity index (χ0) is 20.3. The third-order valence-electron chi connectivity index (χ3n) is 6.29. The van der Waals surface area contributed by atoms with Crippen LogP contribution in [0.5, 0.6) is 17.2 Å². The molecule has 0 saturated heterocycles. The molecule has 0 radical (unpaired) electrons. The summed E-state index contributed by atoms with van der Waals surface area (Å²) in [5.74, 6) is -0.741. The van der Waals surface area contributed by atoms with Crippen LogP contribution in [-0.4, -0.2) is 32.3 Å². The number of ketones is 1. The van der Waals surface area contributed by atoms with Crippen molar-refractivity contribution in [3.05, 3.63) is 53.1 Å². The molecule has 2 aromatic rings. The molecule has 2 aliphatic rings. The number of carbonyl (C=O) groups excluding carboxylic acids is 1. The topological polar surface area (TPSA) is 87.0 Å². The molecule has 1 aliphatic heterocycles. The molecule has 0 amide bonds. The lowest BCUT2D eigenvalue weighted by Crippen LogP contribution is -2.49. The summed E-state index contributed by atoms with van der Waals surface area (Å²) in [4.78, 5) is 13.2. The summed E-state index contributed by atoms with van der Waals surface area (Å²) in [6.45, 7) is 5.55. The van der Waals surface area contributed by atoms with E-state index in [0.717, 1.165) is 12.8 Å². The van der Waals surface area contributed by atoms with Gasteiger partial charge in [-0.2, -0.15) is 0 Å². The first kappa shape index (κ1) is 18.8. The number of phenolic OH excluding ortho intramolecular Hbond substituents is 2. The molecule has 5 nitrogen and oxygen atoms in total. The molecule has 148 valence electrons. The molecule has 0 spiro atoms. The average Bonchev–Trinajstić information content (AvgIpc) is 2.60. The molecule has 1 fully saturated rings. The second-order valence-electron chi connectivity index (χ2n) is 8.89. The molecule has 2 aromatic carbocycles. The van der Waals surface area contributed by atoms with Crippen molar-refractivity contribution in [2.45, 2.75) is 57.2 Å². The van der Waals surface area contributed by atoms with Crippen LogP contribution in [0.25, 0.3) is 0 Å². The Labute approximate surface area is 164 Å². The van der Waals surface area contributed by atoms with Crippen LogP contribution in [0.3, 0.4) is 0 Å². The number of aliphatic hydroxyl groups is 1. The van der Waals surface area contributed by atoms with Gasteiger partial charge in [-0.3, -0.25) is 4.79 Å². The van der Waals surface area contributed by atoms with Crippen LogP contribution in [0, 0.1) is 5.92 Å². The lowest BCUT2D eigenvalue weighted by molar-refractivity contribution is -0.0665. The summed E-state index contributed by atoms with van der Waals surface area (Å²) in [6.07, 6.45) is 2.13. The molecule has 1 saturated carbocycles. The van der Waals surface area contributed by atoms with E-state index in [-0.39, 0.29) is 40.4 Å². The fraction of sp³-hybridized carbons (Fsp3) is 0.435. The SMILES string of the molecule is CC(C)(O)[C@@H]1CC[C@@]2(C)C[C@@H]1c1c(O)cc(O)c(C(=O)c3ccccc3)c1O2. The Bertz CT molecular complexity index is 928. The summed E-state index contributed by atoms with van der Waals surface area (Å²) < 4.78 is 6.26. The summed E-state index contributed by atoms with van der Waals surface area (Å²) in [5.41, 5.74) is -0.415. The number of carbonyl (C=O) groups is 1. The first-order valence-electron chi connectivity index (χ1n) is 9.71. The van der Waals surface area contributed by atoms with E-state index in [4.69, 9.17) is 4.74 Å². The van der Waals surface area contributed by atoms with Crippen molar-refractivity contribution in [3.63, 3.8) is 0 Å². The van der Waals surface area contributed by atoms with E-state index in [1.54, 1.807) is 38.1 Å². The van der Waals surface area contributed by atoms with Crippen LogP contribution in [-0.2, 0) is 0 Å². The van der Waals surface area contributed by atoms with E-state index >= 15 is 0 Å².